The largest absolute Gasteiger partial charge is 0.354 e. The van der Waals surface area contributed by atoms with Gasteiger partial charge in [0.05, 0.1) is 45.0 Å². The smallest absolute Gasteiger partial charge is 0.200 e. The molecule has 12 aromatic carbocycles. The van der Waals surface area contributed by atoms with Gasteiger partial charge in [0, 0.05) is 91.7 Å². The maximum atomic E-state index is 18.0. The highest BCUT2D eigenvalue weighted by molar-refractivity contribution is 5.98. The topological polar surface area (TPSA) is 57.4 Å². The third-order valence-corrected chi connectivity index (χ3v) is 23.8. The molecule has 24 heteroatoms. The number of aromatic nitrogens is 4. The first-order valence-corrected chi connectivity index (χ1v) is 34.9. The minimum Gasteiger partial charge on any atom is -0.354 e. The van der Waals surface area contributed by atoms with Gasteiger partial charge in [0.2, 0.25) is 23.3 Å². The van der Waals surface area contributed by atoms with Crippen LogP contribution in [0.4, 0.5) is 87.8 Å². The Hall–Kier alpha value is -12.6. The number of nitrogens with zero attached hydrogens (tertiary/aromatic N) is 2. The van der Waals surface area contributed by atoms with Crippen molar-refractivity contribution in [1.29, 1.82) is 0 Å². The monoisotopic (exact) mass is 1530 g/mol. The van der Waals surface area contributed by atoms with Gasteiger partial charge in [0.25, 0.3) is 0 Å². The van der Waals surface area contributed by atoms with Gasteiger partial charge >= 0.3 is 0 Å². The third-order valence-electron chi connectivity index (χ3n) is 23.8. The molecule has 15 aromatic rings. The molecule has 0 amide bonds. The first-order chi connectivity index (χ1) is 53.9. The summed E-state index contributed by atoms with van der Waals surface area (Å²) in [4.78, 5) is 15.6. The minimum atomic E-state index is -2.71. The maximum absolute atomic E-state index is 18.0. The van der Waals surface area contributed by atoms with Crippen molar-refractivity contribution < 1.29 is 87.8 Å². The van der Waals surface area contributed by atoms with E-state index in [2.05, 4.69) is 9.97 Å². The number of hydrogen-bond acceptors (Lipinski definition) is 2. The number of benzene rings is 12. The third kappa shape index (κ3) is 8.76. The number of halogens is 20. The van der Waals surface area contributed by atoms with Crippen LogP contribution in [0.25, 0.3) is 110 Å². The number of aromatic amines is 2. The number of nitrogens with one attached hydrogen (secondary N) is 2. The molecule has 0 radical (unpaired) electrons. The molecule has 4 unspecified atom stereocenters. The highest BCUT2D eigenvalue weighted by Gasteiger charge is 2.59. The molecule has 550 valence electrons. The Balaban J connectivity index is 1.04. The zero-order chi connectivity index (χ0) is 77.3. The van der Waals surface area contributed by atoms with Crippen molar-refractivity contribution in [2.45, 2.75) is 47.3 Å². The van der Waals surface area contributed by atoms with Gasteiger partial charge < -0.3 is 9.97 Å². The van der Waals surface area contributed by atoms with Crippen LogP contribution in [0.3, 0.4) is 0 Å². The van der Waals surface area contributed by atoms with Gasteiger partial charge in [-0.2, -0.15) is 0 Å². The highest BCUT2D eigenvalue weighted by atomic mass is 19.2. The lowest BCUT2D eigenvalue weighted by molar-refractivity contribution is 0.380. The molecule has 5 heterocycles. The van der Waals surface area contributed by atoms with E-state index >= 15 is 87.8 Å². The Labute approximate surface area is 615 Å². The zero-order valence-corrected chi connectivity index (χ0v) is 56.2. The van der Waals surface area contributed by atoms with Crippen molar-refractivity contribution >= 4 is 65.2 Å². The van der Waals surface area contributed by atoms with Gasteiger partial charge in [-0.25, -0.2) is 87.8 Å². The van der Waals surface area contributed by atoms with Gasteiger partial charge in [0.15, 0.2) is 93.1 Å². The second-order valence-corrected chi connectivity index (χ2v) is 28.9. The summed E-state index contributed by atoms with van der Waals surface area (Å²) in [7, 11) is 0. The molecule has 0 saturated carbocycles. The Morgan fingerprint density at radius 1 is 0.179 bits per heavy atom. The Kier molecular flexibility index (Phi) is 14.2. The molecule has 8 aliphatic rings. The van der Waals surface area contributed by atoms with E-state index in [4.69, 9.17) is 9.97 Å². The fourth-order valence-electron chi connectivity index (χ4n) is 19.3. The van der Waals surface area contributed by atoms with Gasteiger partial charge in [-0.3, -0.25) is 9.97 Å². The zero-order valence-electron chi connectivity index (χ0n) is 56.2. The Morgan fingerprint density at radius 2 is 0.321 bits per heavy atom. The van der Waals surface area contributed by atoms with Gasteiger partial charge in [0.1, 0.15) is 0 Å². The van der Waals surface area contributed by atoms with Crippen molar-refractivity contribution in [1.82, 2.24) is 19.9 Å². The molecular weight excluding hydrogens is 1490 g/mol. The lowest BCUT2D eigenvalue weighted by atomic mass is 9.52. The van der Waals surface area contributed by atoms with Crippen LogP contribution in [0, 0.1) is 116 Å². The normalized spacial score (nSPS) is 18.9. The average Bonchev–Trinajstić information content (AvgIpc) is 1.34. The van der Waals surface area contributed by atoms with Crippen molar-refractivity contribution in [3.05, 3.63) is 353 Å². The molecule has 2 aliphatic heterocycles. The van der Waals surface area contributed by atoms with E-state index in [0.717, 1.165) is 24.3 Å². The van der Waals surface area contributed by atoms with Gasteiger partial charge in [-0.1, -0.05) is 146 Å². The predicted molar refractivity (Wildman–Crippen MR) is 376 cm³/mol. The standard InChI is InChI=1S/C88H38F20N4/c89-65-61(66(90)74(98)81(105)73(65)97)53-45-17-18-47(109-45)55(63-69(93)77(101)83(107)78(102)70(63)94)87-59-51-41-25-33-13-5-7-15-35(33)27-43(41)52(44-28-36-16-8-6-14-34(36)26-42(44)51)60(59)88(112-87)56(64-71(95)79(103)84(108)80(104)72(64)96)48-20-19-46(110-48)54(62-67(91)75(99)82(106)76(100)68(62)92)86-58-50-38-22-30-10-2-1-9-29(30)21-37(38)49(57(58)85(53)111-86)39-23-31-11-3-4-12-32(31)24-40(39)50/h1-28,49-52,57-60,109-110H. The first kappa shape index (κ1) is 67.5. The summed E-state index contributed by atoms with van der Waals surface area (Å²) in [5.74, 6) is -64.8. The van der Waals surface area contributed by atoms with E-state index in [1.54, 1.807) is 146 Å². The summed E-state index contributed by atoms with van der Waals surface area (Å²) >= 11 is 0. The molecule has 4 atom stereocenters. The van der Waals surface area contributed by atoms with Crippen LogP contribution < -0.4 is 0 Å². The van der Waals surface area contributed by atoms with Crippen LogP contribution in [-0.4, -0.2) is 19.9 Å². The predicted octanol–water partition coefficient (Wildman–Crippen LogP) is 24.7. The summed E-state index contributed by atoms with van der Waals surface area (Å²) < 4.78 is 341. The van der Waals surface area contributed by atoms with E-state index in [9.17, 15) is 0 Å². The highest BCUT2D eigenvalue weighted by Crippen LogP contribution is 2.72. The number of fused-ring (bicyclic) bond motifs is 12. The van der Waals surface area contributed by atoms with Crippen molar-refractivity contribution in [2.75, 3.05) is 0 Å². The molecule has 112 heavy (non-hydrogen) atoms. The van der Waals surface area contributed by atoms with E-state index in [0.29, 0.717) is 87.6 Å². The second-order valence-electron chi connectivity index (χ2n) is 28.9. The summed E-state index contributed by atoms with van der Waals surface area (Å²) in [5.41, 5.74) is -15.9. The van der Waals surface area contributed by atoms with E-state index in [1.807, 2.05) is 0 Å². The van der Waals surface area contributed by atoms with Crippen LogP contribution >= 0.6 is 0 Å². The molecule has 2 N–H and O–H groups in total. The SMILES string of the molecule is Fc1c(F)c(F)c(-c2c3nc(c(-c4c(F)c(F)c(F)c(F)c4F)c4ccc([nH]4)c(-c4c(F)c(F)c(F)c(F)c4F)c4nc(c(-c5c(F)c(F)c(F)c(F)c5F)c5ccc2[nH]5)C2C5c6cc7ccccc7cc6C(c6cc7ccccc7cc65)C42)C2C4c5cc6ccccc6cc5C(c5cc6ccccc6cc54)C32)c(F)c1F. The van der Waals surface area contributed by atoms with Crippen LogP contribution in [0.5, 0.6) is 0 Å². The minimum absolute atomic E-state index is 0.368. The molecule has 23 rings (SSSR count). The number of rotatable bonds is 4. The van der Waals surface area contributed by atoms with Crippen LogP contribution in [0.15, 0.2) is 170 Å². The first-order valence-electron chi connectivity index (χ1n) is 34.9. The van der Waals surface area contributed by atoms with Gasteiger partial charge in [-0.05, 0) is 112 Å². The fraction of sp³-hybridized carbons (Fsp3) is 0.0909. The average molecular weight is 1530 g/mol. The Morgan fingerprint density at radius 3 is 0.473 bits per heavy atom. The van der Waals surface area contributed by atoms with Crippen molar-refractivity contribution in [2.24, 2.45) is 0 Å². The molecule has 3 aromatic heterocycles. The lowest BCUT2D eigenvalue weighted by Crippen LogP contribution is -2.36. The van der Waals surface area contributed by atoms with Crippen molar-refractivity contribution in [3.8, 4) is 44.5 Å². The summed E-state index contributed by atoms with van der Waals surface area (Å²) in [6.07, 6.45) is 0. The summed E-state index contributed by atoms with van der Waals surface area (Å²) in [5, 5.41) is 4.32. The quantitative estimate of drug-likeness (QED) is 0.105. The summed E-state index contributed by atoms with van der Waals surface area (Å²) in [6, 6.07) is 44.3. The molecule has 6 aliphatic carbocycles. The lowest BCUT2D eigenvalue weighted by Gasteiger charge is -2.49. The molecule has 0 spiro atoms. The number of H-pyrrole nitrogens is 2. The molecule has 0 saturated heterocycles. The van der Waals surface area contributed by atoms with Crippen molar-refractivity contribution in [3.63, 3.8) is 0 Å². The Bertz CT molecular complexity index is 6010. The van der Waals surface area contributed by atoms with E-state index in [1.165, 1.54) is 0 Å². The van der Waals surface area contributed by atoms with Gasteiger partial charge in [-0.15, -0.1) is 0 Å². The number of hydrogen-bond donors (Lipinski definition) is 2. The molecule has 0 fully saturated rings. The second kappa shape index (κ2) is 23.5. The molecular formula is C88H38F20N4. The van der Waals surface area contributed by atoms with Crippen LogP contribution in [0.1, 0.15) is 115 Å². The maximum Gasteiger partial charge on any atom is 0.200 e. The van der Waals surface area contributed by atoms with E-state index < -0.39 is 253 Å². The molecule has 4 nitrogen and oxygen atoms in total. The molecule has 12 bridgehead atoms. The van der Waals surface area contributed by atoms with E-state index in [-0.39, 0.29) is 0 Å². The van der Waals surface area contributed by atoms with Crippen LogP contribution in [0.2, 0.25) is 0 Å². The summed E-state index contributed by atoms with van der Waals surface area (Å²) in [6.45, 7) is 0. The fourth-order valence-corrected chi connectivity index (χ4v) is 19.3. The van der Waals surface area contributed by atoms with Crippen LogP contribution in [-0.2, 0) is 0 Å².